The number of aryl methyl sites for hydroxylation is 1. The van der Waals surface area contributed by atoms with Crippen molar-refractivity contribution in [1.29, 1.82) is 0 Å². The van der Waals surface area contributed by atoms with Crippen LogP contribution in [0.4, 0.5) is 0 Å². The van der Waals surface area contributed by atoms with E-state index in [1.807, 2.05) is 7.05 Å². The molecule has 0 fully saturated rings. The maximum Gasteiger partial charge on any atom is 0.186 e. The van der Waals surface area contributed by atoms with Gasteiger partial charge in [-0.1, -0.05) is 18.7 Å². The Morgan fingerprint density at radius 2 is 2.50 bits per heavy atom. The van der Waals surface area contributed by atoms with Crippen LogP contribution in [0.3, 0.4) is 0 Å². The summed E-state index contributed by atoms with van der Waals surface area (Å²) in [5.41, 5.74) is 5.57. The molecule has 2 N–H and O–H groups in total. The highest BCUT2D eigenvalue weighted by atomic mass is 32.2. The smallest absolute Gasteiger partial charge is 0.186 e. The van der Waals surface area contributed by atoms with Gasteiger partial charge in [-0.15, -0.1) is 0 Å². The van der Waals surface area contributed by atoms with Crippen molar-refractivity contribution in [3.05, 3.63) is 6.33 Å². The predicted molar refractivity (Wildman–Crippen MR) is 50.0 cm³/mol. The van der Waals surface area contributed by atoms with Crippen molar-refractivity contribution in [2.24, 2.45) is 12.8 Å². The molecule has 1 heterocycles. The third kappa shape index (κ3) is 2.22. The summed E-state index contributed by atoms with van der Waals surface area (Å²) in [5, 5.41) is 5.37. The molecule has 1 aromatic rings. The lowest BCUT2D eigenvalue weighted by Gasteiger charge is -2.09. The Balaban J connectivity index is 2.56. The lowest BCUT2D eigenvalue weighted by atomic mass is 10.3. The van der Waals surface area contributed by atoms with Crippen molar-refractivity contribution >= 4 is 11.8 Å². The molecule has 1 rings (SSSR count). The van der Waals surface area contributed by atoms with Crippen LogP contribution in [0, 0.1) is 0 Å². The first-order valence-electron chi connectivity index (χ1n) is 3.98. The van der Waals surface area contributed by atoms with E-state index in [9.17, 15) is 0 Å². The van der Waals surface area contributed by atoms with Crippen molar-refractivity contribution in [2.75, 3.05) is 6.54 Å². The molecule has 1 atom stereocenters. The van der Waals surface area contributed by atoms with Gasteiger partial charge < -0.3 is 5.73 Å². The van der Waals surface area contributed by atoms with Crippen LogP contribution in [0.5, 0.6) is 0 Å². The summed E-state index contributed by atoms with van der Waals surface area (Å²) in [6, 6.07) is 0. The van der Waals surface area contributed by atoms with Crippen LogP contribution in [0.15, 0.2) is 11.5 Å². The van der Waals surface area contributed by atoms with Crippen molar-refractivity contribution < 1.29 is 0 Å². The summed E-state index contributed by atoms with van der Waals surface area (Å²) < 4.78 is 1.77. The zero-order valence-electron chi connectivity index (χ0n) is 7.40. The van der Waals surface area contributed by atoms with Crippen LogP contribution in [0.1, 0.15) is 13.3 Å². The first-order chi connectivity index (χ1) is 5.77. The van der Waals surface area contributed by atoms with Gasteiger partial charge in [-0.25, -0.2) is 9.67 Å². The Bertz CT molecular complexity index is 231. The molecule has 0 bridgehead atoms. The van der Waals surface area contributed by atoms with Crippen LogP contribution in [-0.2, 0) is 7.05 Å². The van der Waals surface area contributed by atoms with Gasteiger partial charge in [0.15, 0.2) is 5.16 Å². The third-order valence-electron chi connectivity index (χ3n) is 1.66. The highest BCUT2D eigenvalue weighted by Gasteiger charge is 2.09. The average Bonchev–Trinajstić information content (AvgIpc) is 2.47. The highest BCUT2D eigenvalue weighted by molar-refractivity contribution is 7.99. The Hall–Kier alpha value is -0.550. The van der Waals surface area contributed by atoms with Gasteiger partial charge >= 0.3 is 0 Å². The van der Waals surface area contributed by atoms with Gasteiger partial charge in [0, 0.05) is 18.8 Å². The minimum atomic E-state index is 0.452. The van der Waals surface area contributed by atoms with Crippen LogP contribution >= 0.6 is 11.8 Å². The second-order valence-electron chi connectivity index (χ2n) is 2.55. The molecule has 0 aliphatic heterocycles. The fourth-order valence-corrected chi connectivity index (χ4v) is 1.71. The monoisotopic (exact) mass is 186 g/mol. The van der Waals surface area contributed by atoms with Crippen molar-refractivity contribution in [3.63, 3.8) is 0 Å². The van der Waals surface area contributed by atoms with Gasteiger partial charge in [0.25, 0.3) is 0 Å². The standard InChI is InChI=1S/C7H14N4S/c1-3-6(4-8)12-7-9-5-10-11(7)2/h5-6H,3-4,8H2,1-2H3. The molecular weight excluding hydrogens is 172 g/mol. The number of nitrogens with two attached hydrogens (primary N) is 1. The minimum absolute atomic E-state index is 0.452. The molecule has 12 heavy (non-hydrogen) atoms. The quantitative estimate of drug-likeness (QED) is 0.701. The Morgan fingerprint density at radius 1 is 1.75 bits per heavy atom. The van der Waals surface area contributed by atoms with Gasteiger partial charge in [0.2, 0.25) is 0 Å². The Morgan fingerprint density at radius 3 is 2.92 bits per heavy atom. The fraction of sp³-hybridized carbons (Fsp3) is 0.714. The van der Waals surface area contributed by atoms with Crippen LogP contribution in [0.25, 0.3) is 0 Å². The number of hydrogen-bond donors (Lipinski definition) is 1. The van der Waals surface area contributed by atoms with Gasteiger partial charge in [-0.2, -0.15) is 5.10 Å². The topological polar surface area (TPSA) is 56.7 Å². The van der Waals surface area contributed by atoms with E-state index in [0.717, 1.165) is 11.6 Å². The highest BCUT2D eigenvalue weighted by Crippen LogP contribution is 2.21. The molecule has 68 valence electrons. The normalized spacial score (nSPS) is 13.2. The summed E-state index contributed by atoms with van der Waals surface area (Å²) >= 11 is 1.69. The predicted octanol–water partition coefficient (Wildman–Crippen LogP) is 0.644. The Kier molecular flexibility index (Phi) is 3.55. The zero-order chi connectivity index (χ0) is 8.97. The van der Waals surface area contributed by atoms with Gasteiger partial charge in [0.05, 0.1) is 0 Å². The molecule has 0 aromatic carbocycles. The van der Waals surface area contributed by atoms with E-state index in [2.05, 4.69) is 17.0 Å². The first-order valence-corrected chi connectivity index (χ1v) is 4.86. The molecule has 0 aliphatic carbocycles. The molecule has 4 nitrogen and oxygen atoms in total. The average molecular weight is 186 g/mol. The van der Waals surface area contributed by atoms with E-state index in [1.54, 1.807) is 22.8 Å². The number of nitrogens with zero attached hydrogens (tertiary/aromatic N) is 3. The third-order valence-corrected chi connectivity index (χ3v) is 3.10. The Labute approximate surface area is 76.5 Å². The molecule has 0 spiro atoms. The molecule has 5 heteroatoms. The summed E-state index contributed by atoms with van der Waals surface area (Å²) in [7, 11) is 1.89. The number of hydrogen-bond acceptors (Lipinski definition) is 4. The van der Waals surface area contributed by atoms with Crippen molar-refractivity contribution in [3.8, 4) is 0 Å². The molecule has 0 saturated carbocycles. The molecule has 0 saturated heterocycles. The number of thioether (sulfide) groups is 1. The van der Waals surface area contributed by atoms with Gasteiger partial charge in [-0.3, -0.25) is 0 Å². The molecule has 0 amide bonds. The van der Waals surface area contributed by atoms with Crippen LogP contribution in [0.2, 0.25) is 0 Å². The SMILES string of the molecule is CCC(CN)Sc1ncnn1C. The summed E-state index contributed by atoms with van der Waals surface area (Å²) in [6.45, 7) is 2.81. The molecule has 0 aliphatic rings. The van der Waals surface area contributed by atoms with Crippen LogP contribution in [-0.4, -0.2) is 26.6 Å². The number of rotatable bonds is 4. The van der Waals surface area contributed by atoms with E-state index < -0.39 is 0 Å². The second kappa shape index (κ2) is 4.47. The van der Waals surface area contributed by atoms with Crippen LogP contribution < -0.4 is 5.73 Å². The summed E-state index contributed by atoms with van der Waals surface area (Å²) in [4.78, 5) is 4.11. The fourth-order valence-electron chi connectivity index (χ4n) is 0.840. The van der Waals surface area contributed by atoms with E-state index in [0.29, 0.717) is 11.8 Å². The summed E-state index contributed by atoms with van der Waals surface area (Å²) in [5.74, 6) is 0. The lowest BCUT2D eigenvalue weighted by molar-refractivity contribution is 0.680. The maximum absolute atomic E-state index is 5.57. The first kappa shape index (κ1) is 9.54. The molecule has 1 unspecified atom stereocenters. The van der Waals surface area contributed by atoms with Gasteiger partial charge in [-0.05, 0) is 6.42 Å². The lowest BCUT2D eigenvalue weighted by Crippen LogP contribution is -2.16. The van der Waals surface area contributed by atoms with Gasteiger partial charge in [0.1, 0.15) is 6.33 Å². The zero-order valence-corrected chi connectivity index (χ0v) is 8.21. The van der Waals surface area contributed by atoms with E-state index in [4.69, 9.17) is 5.73 Å². The maximum atomic E-state index is 5.57. The van der Waals surface area contributed by atoms with E-state index in [1.165, 1.54) is 0 Å². The molecule has 0 radical (unpaired) electrons. The molecular formula is C7H14N4S. The summed E-state index contributed by atoms with van der Waals surface area (Å²) in [6.07, 6.45) is 2.62. The van der Waals surface area contributed by atoms with Crippen molar-refractivity contribution in [1.82, 2.24) is 14.8 Å². The van der Waals surface area contributed by atoms with Crippen molar-refractivity contribution in [2.45, 2.75) is 23.8 Å². The number of aromatic nitrogens is 3. The minimum Gasteiger partial charge on any atom is -0.329 e. The largest absolute Gasteiger partial charge is 0.329 e. The molecule has 1 aromatic heterocycles. The second-order valence-corrected chi connectivity index (χ2v) is 3.82. The van der Waals surface area contributed by atoms with E-state index >= 15 is 0 Å². The van der Waals surface area contributed by atoms with E-state index in [-0.39, 0.29) is 0 Å².